The van der Waals surface area contributed by atoms with E-state index in [0.717, 1.165) is 16.9 Å². The SMILES string of the molecule is O=C(CCOc1ccccc1)NC1Cc2ccc(S(=O)(=O)Nc3nccs3)cc2C1. The van der Waals surface area contributed by atoms with Gasteiger partial charge in [-0.1, -0.05) is 24.3 Å². The molecule has 1 aliphatic rings. The topological polar surface area (TPSA) is 97.4 Å². The number of sulfonamides is 1. The number of hydrogen-bond donors (Lipinski definition) is 2. The first-order valence-corrected chi connectivity index (χ1v) is 11.9. The van der Waals surface area contributed by atoms with E-state index in [-0.39, 0.29) is 23.3 Å². The minimum atomic E-state index is -3.69. The number of thiazole rings is 1. The number of nitrogens with zero attached hydrogens (tertiary/aromatic N) is 1. The maximum absolute atomic E-state index is 12.6. The Morgan fingerprint density at radius 3 is 2.70 bits per heavy atom. The van der Waals surface area contributed by atoms with Gasteiger partial charge in [-0.2, -0.15) is 0 Å². The van der Waals surface area contributed by atoms with Crippen molar-refractivity contribution in [3.63, 3.8) is 0 Å². The number of carbonyl (C=O) groups excluding carboxylic acids is 1. The molecule has 7 nitrogen and oxygen atoms in total. The van der Waals surface area contributed by atoms with Crippen molar-refractivity contribution in [1.82, 2.24) is 10.3 Å². The number of benzene rings is 2. The Hall–Kier alpha value is -2.91. The second kappa shape index (κ2) is 8.85. The summed E-state index contributed by atoms with van der Waals surface area (Å²) in [5, 5.41) is 5.05. The number of nitrogens with one attached hydrogen (secondary N) is 2. The second-order valence-electron chi connectivity index (χ2n) is 6.96. The molecule has 2 N–H and O–H groups in total. The van der Waals surface area contributed by atoms with Gasteiger partial charge in [-0.3, -0.25) is 9.52 Å². The van der Waals surface area contributed by atoms with E-state index in [1.54, 1.807) is 23.7 Å². The van der Waals surface area contributed by atoms with Crippen LogP contribution in [0.5, 0.6) is 5.75 Å². The van der Waals surface area contributed by atoms with Crippen molar-refractivity contribution in [2.75, 3.05) is 11.3 Å². The first-order valence-electron chi connectivity index (χ1n) is 9.51. The van der Waals surface area contributed by atoms with Crippen molar-refractivity contribution in [3.8, 4) is 5.75 Å². The number of rotatable bonds is 8. The summed E-state index contributed by atoms with van der Waals surface area (Å²) < 4.78 is 33.2. The zero-order valence-corrected chi connectivity index (χ0v) is 17.7. The quantitative estimate of drug-likeness (QED) is 0.558. The minimum Gasteiger partial charge on any atom is -0.493 e. The standard InChI is InChI=1S/C21H21N3O4S2/c25-20(8-10-28-18-4-2-1-3-5-18)23-17-12-15-6-7-19(14-16(15)13-17)30(26,27)24-21-22-9-11-29-21/h1-7,9,11,14,17H,8,10,12-13H2,(H,22,24)(H,23,25). The van der Waals surface area contributed by atoms with Gasteiger partial charge in [0.1, 0.15) is 5.75 Å². The molecule has 9 heteroatoms. The van der Waals surface area contributed by atoms with Gasteiger partial charge in [-0.25, -0.2) is 13.4 Å². The fourth-order valence-electron chi connectivity index (χ4n) is 3.39. The Bertz CT molecular complexity index is 1120. The van der Waals surface area contributed by atoms with Crippen LogP contribution < -0.4 is 14.8 Å². The Kier molecular flexibility index (Phi) is 6.01. The number of ether oxygens (including phenoxy) is 1. The average Bonchev–Trinajstić information content (AvgIpc) is 3.36. The molecule has 0 saturated carbocycles. The van der Waals surface area contributed by atoms with Gasteiger partial charge in [0.05, 0.1) is 17.9 Å². The van der Waals surface area contributed by atoms with Gasteiger partial charge in [0.15, 0.2) is 5.13 Å². The lowest BCUT2D eigenvalue weighted by molar-refractivity contribution is -0.122. The highest BCUT2D eigenvalue weighted by molar-refractivity contribution is 7.93. The molecule has 4 rings (SSSR count). The second-order valence-corrected chi connectivity index (χ2v) is 9.53. The van der Waals surface area contributed by atoms with E-state index in [1.165, 1.54) is 11.3 Å². The monoisotopic (exact) mass is 443 g/mol. The molecule has 0 saturated heterocycles. The van der Waals surface area contributed by atoms with E-state index in [2.05, 4.69) is 15.0 Å². The third kappa shape index (κ3) is 4.98. The lowest BCUT2D eigenvalue weighted by Crippen LogP contribution is -2.35. The molecule has 0 aliphatic heterocycles. The van der Waals surface area contributed by atoms with Gasteiger partial charge < -0.3 is 10.1 Å². The number of carbonyl (C=O) groups is 1. The van der Waals surface area contributed by atoms with Crippen LogP contribution in [-0.2, 0) is 27.7 Å². The summed E-state index contributed by atoms with van der Waals surface area (Å²) in [7, 11) is -3.69. The summed E-state index contributed by atoms with van der Waals surface area (Å²) >= 11 is 1.22. The highest BCUT2D eigenvalue weighted by atomic mass is 32.2. The Labute approximate surface area is 179 Å². The molecule has 0 fully saturated rings. The maximum atomic E-state index is 12.6. The summed E-state index contributed by atoms with van der Waals surface area (Å²) in [6.45, 7) is 0.306. The molecular formula is C21H21N3O4S2. The predicted octanol–water partition coefficient (Wildman–Crippen LogP) is 3.00. The number of amides is 1. The minimum absolute atomic E-state index is 0.0471. The lowest BCUT2D eigenvalue weighted by Gasteiger charge is -2.12. The third-order valence-electron chi connectivity index (χ3n) is 4.78. The van der Waals surface area contributed by atoms with Crippen LogP contribution >= 0.6 is 11.3 Å². The zero-order chi connectivity index (χ0) is 21.0. The number of hydrogen-bond acceptors (Lipinski definition) is 6. The molecule has 156 valence electrons. The fourth-order valence-corrected chi connectivity index (χ4v) is 5.23. The summed E-state index contributed by atoms with van der Waals surface area (Å²) in [6.07, 6.45) is 3.09. The van der Waals surface area contributed by atoms with Gasteiger partial charge in [0.25, 0.3) is 10.0 Å². The van der Waals surface area contributed by atoms with Crippen LogP contribution in [0.25, 0.3) is 0 Å². The molecule has 3 aromatic rings. The summed E-state index contributed by atoms with van der Waals surface area (Å²) in [4.78, 5) is 16.4. The highest BCUT2D eigenvalue weighted by Gasteiger charge is 2.25. The van der Waals surface area contributed by atoms with Crippen molar-refractivity contribution < 1.29 is 17.9 Å². The Balaban J connectivity index is 1.31. The van der Waals surface area contributed by atoms with Crippen LogP contribution in [0.3, 0.4) is 0 Å². The van der Waals surface area contributed by atoms with Crippen LogP contribution in [0.2, 0.25) is 0 Å². The Morgan fingerprint density at radius 2 is 1.93 bits per heavy atom. The summed E-state index contributed by atoms with van der Waals surface area (Å²) in [5.74, 6) is 0.653. The molecule has 2 aromatic carbocycles. The van der Waals surface area contributed by atoms with E-state index in [4.69, 9.17) is 4.74 Å². The summed E-state index contributed by atoms with van der Waals surface area (Å²) in [6, 6.07) is 14.4. The van der Waals surface area contributed by atoms with Crippen LogP contribution in [-0.4, -0.2) is 32.0 Å². The molecule has 0 spiro atoms. The first-order chi connectivity index (χ1) is 14.5. The highest BCUT2D eigenvalue weighted by Crippen LogP contribution is 2.26. The van der Waals surface area contributed by atoms with Crippen molar-refractivity contribution >= 4 is 32.4 Å². The average molecular weight is 444 g/mol. The Morgan fingerprint density at radius 1 is 1.13 bits per heavy atom. The smallest absolute Gasteiger partial charge is 0.263 e. The molecule has 0 radical (unpaired) electrons. The van der Waals surface area contributed by atoms with Crippen LogP contribution in [0, 0.1) is 0 Å². The van der Waals surface area contributed by atoms with E-state index in [1.807, 2.05) is 36.4 Å². The predicted molar refractivity (Wildman–Crippen MR) is 115 cm³/mol. The number of para-hydroxylation sites is 1. The van der Waals surface area contributed by atoms with Gasteiger partial charge in [0, 0.05) is 17.6 Å². The molecule has 0 bridgehead atoms. The first kappa shape index (κ1) is 20.4. The van der Waals surface area contributed by atoms with Crippen LogP contribution in [0.1, 0.15) is 17.5 Å². The lowest BCUT2D eigenvalue weighted by atomic mass is 10.1. The van der Waals surface area contributed by atoms with Gasteiger partial charge in [0.2, 0.25) is 5.91 Å². The number of anilines is 1. The molecule has 1 heterocycles. The molecule has 1 unspecified atom stereocenters. The number of aromatic nitrogens is 1. The number of fused-ring (bicyclic) bond motifs is 1. The largest absolute Gasteiger partial charge is 0.493 e. The van der Waals surface area contributed by atoms with Crippen LogP contribution in [0.4, 0.5) is 5.13 Å². The molecule has 1 aromatic heterocycles. The van der Waals surface area contributed by atoms with Crippen molar-refractivity contribution in [2.24, 2.45) is 0 Å². The maximum Gasteiger partial charge on any atom is 0.263 e. The molecule has 1 amide bonds. The molecule has 1 atom stereocenters. The van der Waals surface area contributed by atoms with E-state index >= 15 is 0 Å². The van der Waals surface area contributed by atoms with Crippen molar-refractivity contribution in [3.05, 3.63) is 71.2 Å². The van der Waals surface area contributed by atoms with E-state index in [9.17, 15) is 13.2 Å². The summed E-state index contributed by atoms with van der Waals surface area (Å²) in [5.41, 5.74) is 1.98. The fraction of sp³-hybridized carbons (Fsp3) is 0.238. The van der Waals surface area contributed by atoms with Gasteiger partial charge >= 0.3 is 0 Å². The van der Waals surface area contributed by atoms with Crippen LogP contribution in [0.15, 0.2) is 65.0 Å². The molecule has 30 heavy (non-hydrogen) atoms. The third-order valence-corrected chi connectivity index (χ3v) is 6.94. The van der Waals surface area contributed by atoms with Crippen molar-refractivity contribution in [2.45, 2.75) is 30.2 Å². The van der Waals surface area contributed by atoms with Crippen molar-refractivity contribution in [1.29, 1.82) is 0 Å². The van der Waals surface area contributed by atoms with E-state index in [0.29, 0.717) is 24.6 Å². The van der Waals surface area contributed by atoms with E-state index < -0.39 is 10.0 Å². The molecule has 1 aliphatic carbocycles. The van der Waals surface area contributed by atoms with Gasteiger partial charge in [-0.05, 0) is 48.2 Å². The molecular weight excluding hydrogens is 422 g/mol. The zero-order valence-electron chi connectivity index (χ0n) is 16.1. The normalized spacial score (nSPS) is 15.4. The van der Waals surface area contributed by atoms with Gasteiger partial charge in [-0.15, -0.1) is 11.3 Å².